The van der Waals surface area contributed by atoms with E-state index in [4.69, 9.17) is 22.1 Å². The Morgan fingerprint density at radius 2 is 2.13 bits per heavy atom. The van der Waals surface area contributed by atoms with Gasteiger partial charge in [-0.3, -0.25) is 9.69 Å². The van der Waals surface area contributed by atoms with E-state index in [1.165, 1.54) is 0 Å². The Kier molecular flexibility index (Phi) is 6.04. The normalized spacial score (nSPS) is 17.7. The second-order valence-electron chi connectivity index (χ2n) is 6.03. The minimum Gasteiger partial charge on any atom is -0.460 e. The summed E-state index contributed by atoms with van der Waals surface area (Å²) in [4.78, 5) is 28.3. The van der Waals surface area contributed by atoms with Crippen LogP contribution in [0.2, 0.25) is 5.02 Å². The molecule has 0 bridgehead atoms. The molecule has 0 radical (unpaired) electrons. The number of nitrogens with zero attached hydrogens (tertiary/aromatic N) is 2. The Morgan fingerprint density at radius 1 is 1.43 bits per heavy atom. The molecule has 0 saturated carbocycles. The van der Waals surface area contributed by atoms with Gasteiger partial charge in [0, 0.05) is 11.8 Å². The molecule has 1 aromatic carbocycles. The lowest BCUT2D eigenvalue weighted by molar-refractivity contribution is -0.153. The number of carbonyl (C=O) groups is 2. The fraction of sp³-hybridized carbons (Fsp3) is 0.312. The molecule has 1 unspecified atom stereocenters. The van der Waals surface area contributed by atoms with E-state index in [0.29, 0.717) is 11.3 Å². The lowest BCUT2D eigenvalue weighted by Crippen LogP contribution is -2.35. The number of carbonyl (C=O) groups excluding carboxylic acids is 2. The molecule has 7 nitrogen and oxygen atoms in total. The highest BCUT2D eigenvalue weighted by Crippen LogP contribution is 2.40. The van der Waals surface area contributed by atoms with Crippen molar-refractivity contribution in [2.45, 2.75) is 18.3 Å². The van der Waals surface area contributed by atoms with Crippen LogP contribution in [-0.2, 0) is 9.53 Å². The van der Waals surface area contributed by atoms with Crippen molar-refractivity contribution in [3.63, 3.8) is 0 Å². The van der Waals surface area contributed by atoms with Crippen LogP contribution in [0.1, 0.15) is 16.5 Å². The smallest absolute Gasteiger partial charge is 0.422 e. The van der Waals surface area contributed by atoms with Crippen LogP contribution in [0.4, 0.5) is 26.7 Å². The summed E-state index contributed by atoms with van der Waals surface area (Å²) in [5, 5.41) is -1.26. The van der Waals surface area contributed by atoms with Crippen LogP contribution in [0.5, 0.6) is 5.19 Å². The third kappa shape index (κ3) is 4.56. The van der Waals surface area contributed by atoms with Gasteiger partial charge in [0.2, 0.25) is 0 Å². The quantitative estimate of drug-likeness (QED) is 0.514. The number of halogens is 6. The first kappa shape index (κ1) is 22.0. The van der Waals surface area contributed by atoms with Crippen LogP contribution in [0.15, 0.2) is 18.3 Å². The summed E-state index contributed by atoms with van der Waals surface area (Å²) in [6, 6.07) is 0.505. The minimum absolute atomic E-state index is 0.0517. The fourth-order valence-electron chi connectivity index (χ4n) is 2.67. The average Bonchev–Trinajstić information content (AvgIpc) is 3.27. The van der Waals surface area contributed by atoms with Gasteiger partial charge >= 0.3 is 12.3 Å². The highest BCUT2D eigenvalue weighted by molar-refractivity contribution is 7.13. The summed E-state index contributed by atoms with van der Waals surface area (Å²) >= 11 is 6.21. The second-order valence-corrected chi connectivity index (χ2v) is 7.43. The van der Waals surface area contributed by atoms with E-state index in [9.17, 15) is 31.5 Å². The molecule has 1 aliphatic heterocycles. The van der Waals surface area contributed by atoms with Gasteiger partial charge in [0.1, 0.15) is 16.7 Å². The number of rotatable bonds is 6. The van der Waals surface area contributed by atoms with Gasteiger partial charge in [0.15, 0.2) is 12.7 Å². The van der Waals surface area contributed by atoms with E-state index < -0.39 is 58.8 Å². The van der Waals surface area contributed by atoms with Crippen LogP contribution in [0.25, 0.3) is 0 Å². The van der Waals surface area contributed by atoms with Gasteiger partial charge in [-0.05, 0) is 6.07 Å². The van der Waals surface area contributed by atoms with E-state index in [1.54, 1.807) is 0 Å². The Balaban J connectivity index is 2.01. The number of primary amides is 1. The summed E-state index contributed by atoms with van der Waals surface area (Å²) < 4.78 is 74.8. The maximum absolute atomic E-state index is 14.7. The van der Waals surface area contributed by atoms with Gasteiger partial charge in [0.25, 0.3) is 11.1 Å². The minimum atomic E-state index is -4.62. The summed E-state index contributed by atoms with van der Waals surface area (Å²) in [6.45, 7) is -2.00. The molecule has 162 valence electrons. The van der Waals surface area contributed by atoms with Gasteiger partial charge in [0.05, 0.1) is 17.5 Å². The monoisotopic (exact) mass is 471 g/mol. The van der Waals surface area contributed by atoms with E-state index in [1.807, 2.05) is 0 Å². The Labute approximate surface area is 174 Å². The summed E-state index contributed by atoms with van der Waals surface area (Å²) in [6.07, 6.45) is -5.94. The predicted octanol–water partition coefficient (Wildman–Crippen LogP) is 3.41. The van der Waals surface area contributed by atoms with Crippen molar-refractivity contribution in [2.24, 2.45) is 5.73 Å². The third-order valence-electron chi connectivity index (χ3n) is 3.96. The number of amides is 2. The molecule has 2 atom stereocenters. The first-order chi connectivity index (χ1) is 14.0. The number of hydrogen-bond acceptors (Lipinski definition) is 6. The average molecular weight is 472 g/mol. The van der Waals surface area contributed by atoms with Crippen molar-refractivity contribution in [2.75, 3.05) is 13.2 Å². The summed E-state index contributed by atoms with van der Waals surface area (Å²) in [5.74, 6) is -3.22. The number of hydrogen-bond donors (Lipinski definition) is 1. The summed E-state index contributed by atoms with van der Waals surface area (Å²) in [5.41, 5.74) is 4.84. The number of benzene rings is 1. The molecule has 2 amide bonds. The highest BCUT2D eigenvalue weighted by atomic mass is 35.5. The molecular formula is C16H11ClF5N3O4S. The molecule has 2 aromatic rings. The van der Waals surface area contributed by atoms with Gasteiger partial charge < -0.3 is 15.2 Å². The number of ether oxygens (including phenoxy) is 2. The second kappa shape index (κ2) is 8.22. The molecule has 1 fully saturated rings. The number of thiazole rings is 1. The SMILES string of the molecule is NC(=O)C1CN([C@@H](c2cnc(OCC(F)(F)F)s2)c2ccc(F)c(Cl)c2F)C(=O)O1. The van der Waals surface area contributed by atoms with E-state index in [-0.39, 0.29) is 17.0 Å². The predicted molar refractivity (Wildman–Crippen MR) is 93.0 cm³/mol. The lowest BCUT2D eigenvalue weighted by atomic mass is 10.0. The number of alkyl halides is 3. The standard InChI is InChI=1S/C16H11ClF5N3O4S/c17-10-7(18)2-1-6(11(10)19)12(25-4-8(13(23)26)29-15(25)27)9-3-24-14(30-9)28-5-16(20,21)22/h1-3,8,12H,4-5H2,(H2,23,26)/t8?,12-/m1/s1. The van der Waals surface area contributed by atoms with Crippen LogP contribution in [0.3, 0.4) is 0 Å². The van der Waals surface area contributed by atoms with Gasteiger partial charge in [-0.25, -0.2) is 18.6 Å². The Hall–Kier alpha value is -2.67. The van der Waals surface area contributed by atoms with Crippen LogP contribution in [0, 0.1) is 11.6 Å². The molecular weight excluding hydrogens is 461 g/mol. The molecule has 14 heteroatoms. The lowest BCUT2D eigenvalue weighted by Gasteiger charge is -2.25. The number of nitrogens with two attached hydrogens (primary N) is 1. The molecule has 0 aliphatic carbocycles. The highest BCUT2D eigenvalue weighted by Gasteiger charge is 2.42. The molecule has 1 aliphatic rings. The molecule has 1 aromatic heterocycles. The zero-order chi connectivity index (χ0) is 22.2. The molecule has 2 N–H and O–H groups in total. The van der Waals surface area contributed by atoms with Crippen molar-refractivity contribution in [3.8, 4) is 5.19 Å². The van der Waals surface area contributed by atoms with Crippen LogP contribution < -0.4 is 10.5 Å². The third-order valence-corrected chi connectivity index (χ3v) is 5.27. The van der Waals surface area contributed by atoms with Gasteiger partial charge in [-0.2, -0.15) is 13.2 Å². The van der Waals surface area contributed by atoms with Gasteiger partial charge in [-0.1, -0.05) is 29.0 Å². The first-order valence-electron chi connectivity index (χ1n) is 8.03. The van der Waals surface area contributed by atoms with Crippen molar-refractivity contribution in [1.82, 2.24) is 9.88 Å². The Bertz CT molecular complexity index is 986. The molecule has 30 heavy (non-hydrogen) atoms. The van der Waals surface area contributed by atoms with Gasteiger partial charge in [-0.15, -0.1) is 0 Å². The maximum Gasteiger partial charge on any atom is 0.422 e. The topological polar surface area (TPSA) is 94.8 Å². The molecule has 3 rings (SSSR count). The maximum atomic E-state index is 14.7. The Morgan fingerprint density at radius 3 is 2.73 bits per heavy atom. The number of aromatic nitrogens is 1. The van der Waals surface area contributed by atoms with E-state index >= 15 is 0 Å². The first-order valence-corrected chi connectivity index (χ1v) is 9.22. The largest absolute Gasteiger partial charge is 0.460 e. The van der Waals surface area contributed by atoms with E-state index in [0.717, 1.165) is 23.2 Å². The van der Waals surface area contributed by atoms with E-state index in [2.05, 4.69) is 9.72 Å². The van der Waals surface area contributed by atoms with Crippen molar-refractivity contribution in [3.05, 3.63) is 45.4 Å². The number of cyclic esters (lactones) is 1. The molecule has 0 spiro atoms. The zero-order valence-electron chi connectivity index (χ0n) is 14.6. The molecule has 1 saturated heterocycles. The zero-order valence-corrected chi connectivity index (χ0v) is 16.2. The van der Waals surface area contributed by atoms with Crippen LogP contribution >= 0.6 is 22.9 Å². The fourth-order valence-corrected chi connectivity index (χ4v) is 3.74. The van der Waals surface area contributed by atoms with Crippen molar-refractivity contribution in [1.29, 1.82) is 0 Å². The summed E-state index contributed by atoms with van der Waals surface area (Å²) in [7, 11) is 0. The van der Waals surface area contributed by atoms with Crippen molar-refractivity contribution < 1.29 is 41.0 Å². The van der Waals surface area contributed by atoms with Crippen LogP contribution in [-0.4, -0.2) is 47.3 Å². The van der Waals surface area contributed by atoms with Crippen molar-refractivity contribution >= 4 is 34.9 Å². The molecule has 2 heterocycles.